The number of benzene rings is 6. The largest absolute Gasteiger partial charge is 0.744 e. The minimum atomic E-state index is -4.99. The van der Waals surface area contributed by atoms with E-state index in [0.717, 1.165) is 34.1 Å². The van der Waals surface area contributed by atoms with Crippen LogP contribution >= 0.6 is 0 Å². The van der Waals surface area contributed by atoms with Crippen LogP contribution in [0, 0.1) is 0 Å². The Hall–Kier alpha value is -9.22. The number of imide groups is 2. The van der Waals surface area contributed by atoms with Gasteiger partial charge in [0.2, 0.25) is 0 Å². The van der Waals surface area contributed by atoms with Crippen molar-refractivity contribution >= 4 is 77.3 Å². The van der Waals surface area contributed by atoms with Gasteiger partial charge in [0.05, 0.1) is 43.4 Å². The summed E-state index contributed by atoms with van der Waals surface area (Å²) in [5.74, 6) is -2.32. The molecule has 338 valence electrons. The molecule has 22 heteroatoms. The highest BCUT2D eigenvalue weighted by Gasteiger charge is 2.38. The molecule has 8 bridgehead atoms. The zero-order chi connectivity index (χ0) is 48.1. The van der Waals surface area contributed by atoms with Crippen molar-refractivity contribution in [3.8, 4) is 68.3 Å². The van der Waals surface area contributed by atoms with E-state index in [1.165, 1.54) is 12.1 Å². The molecule has 5 aliphatic rings. The smallest absolute Gasteiger partial charge is 0.266 e. The molecule has 0 spiro atoms. The van der Waals surface area contributed by atoms with E-state index in [9.17, 15) is 45.1 Å². The number of aromatic nitrogens is 8. The van der Waals surface area contributed by atoms with Crippen LogP contribution in [0.2, 0.25) is 0 Å². The van der Waals surface area contributed by atoms with E-state index < -0.39 is 53.7 Å². The molecule has 0 radical (unpaired) electrons. The number of anilines is 2. The van der Waals surface area contributed by atoms with Crippen molar-refractivity contribution in [2.24, 2.45) is 0 Å². The Kier molecular flexibility index (Phi) is 8.29. The van der Waals surface area contributed by atoms with E-state index >= 15 is 0 Å². The third-order valence-electron chi connectivity index (χ3n) is 12.4. The van der Waals surface area contributed by atoms with Gasteiger partial charge in [-0.05, 0) is 97.1 Å². The Bertz CT molecular complexity index is 4250. The number of hydrogen-bond donors (Lipinski definition) is 2. The van der Waals surface area contributed by atoms with E-state index in [1.807, 2.05) is 0 Å². The molecule has 8 aromatic rings. The van der Waals surface area contributed by atoms with Crippen molar-refractivity contribution in [2.45, 2.75) is 9.79 Å². The molecule has 70 heavy (non-hydrogen) atoms. The molecule has 4 amide bonds. The number of nitrogens with zero attached hydrogens (tertiary/aromatic N) is 8. The summed E-state index contributed by atoms with van der Waals surface area (Å²) in [7, 11) is -9.99. The van der Waals surface area contributed by atoms with E-state index in [2.05, 4.69) is 9.97 Å². The Morgan fingerprint density at radius 2 is 0.786 bits per heavy atom. The summed E-state index contributed by atoms with van der Waals surface area (Å²) in [4.78, 5) is 91.0. The maximum atomic E-state index is 13.7. The van der Waals surface area contributed by atoms with Gasteiger partial charge < -0.3 is 19.1 Å². The minimum Gasteiger partial charge on any atom is -0.744 e. The molecule has 13 rings (SSSR count). The number of rotatable bonds is 4. The summed E-state index contributed by atoms with van der Waals surface area (Å²) >= 11 is 0. The monoisotopic (exact) mass is 962 g/mol. The molecule has 6 aromatic carbocycles. The molecule has 5 aliphatic heterocycles. The lowest BCUT2D eigenvalue weighted by molar-refractivity contribution is 0.0910. The van der Waals surface area contributed by atoms with E-state index in [4.69, 9.17) is 29.9 Å². The van der Waals surface area contributed by atoms with Gasteiger partial charge in [0.25, 0.3) is 23.6 Å². The molecule has 20 nitrogen and oxygen atoms in total. The fraction of sp³-hybridized carbons (Fsp3) is 0. The SMILES string of the molecule is O=C1c2ccccc2C(=O)N1c1ccc2c(c1)-c1nc-2nc2[nH]c(nc3nc([nH]c4nc(n1)-c1ccc(S(=O)(=O)[O-])cc1-4)-c1ccc(S(=O)(=O)[O-])cc1-3)c1ccc(N3C(=O)c4ccccc4C3=O)cc21. The zero-order valence-corrected chi connectivity index (χ0v) is 36.7. The molecule has 0 atom stereocenters. The van der Waals surface area contributed by atoms with Crippen LogP contribution in [-0.4, -0.2) is 89.4 Å². The Labute approximate surface area is 392 Å². The number of nitrogens with one attached hydrogen (secondary N) is 2. The maximum absolute atomic E-state index is 13.7. The summed E-state index contributed by atoms with van der Waals surface area (Å²) in [6, 6.07) is 29.3. The average molecular weight is 963 g/mol. The Morgan fingerprint density at radius 1 is 0.371 bits per heavy atom. The van der Waals surface area contributed by atoms with Crippen LogP contribution < -0.4 is 9.80 Å². The molecule has 0 saturated heterocycles. The van der Waals surface area contributed by atoms with E-state index in [1.54, 1.807) is 84.9 Å². The lowest BCUT2D eigenvalue weighted by Crippen LogP contribution is -2.29. The van der Waals surface area contributed by atoms with Crippen molar-refractivity contribution in [3.05, 3.63) is 144 Å². The Morgan fingerprint density at radius 3 is 1.36 bits per heavy atom. The zero-order valence-electron chi connectivity index (χ0n) is 35.0. The highest BCUT2D eigenvalue weighted by molar-refractivity contribution is 7.86. The number of amides is 4. The van der Waals surface area contributed by atoms with Crippen LogP contribution in [0.4, 0.5) is 11.4 Å². The van der Waals surface area contributed by atoms with Crippen LogP contribution in [0.1, 0.15) is 41.4 Å². The predicted octanol–water partition coefficient (Wildman–Crippen LogP) is 6.18. The molecule has 2 aromatic heterocycles. The lowest BCUT2D eigenvalue weighted by Gasteiger charge is -2.15. The van der Waals surface area contributed by atoms with Crippen molar-refractivity contribution in [2.75, 3.05) is 9.80 Å². The number of hydrogen-bond acceptors (Lipinski definition) is 16. The predicted molar refractivity (Wildman–Crippen MR) is 245 cm³/mol. The molecule has 0 unspecified atom stereocenters. The van der Waals surface area contributed by atoms with Gasteiger partial charge in [-0.15, -0.1) is 0 Å². The van der Waals surface area contributed by atoms with Crippen molar-refractivity contribution < 1.29 is 45.1 Å². The van der Waals surface area contributed by atoms with E-state index in [0.29, 0.717) is 21.9 Å². The normalized spacial score (nSPS) is 14.1. The van der Waals surface area contributed by atoms with Gasteiger partial charge >= 0.3 is 0 Å². The molecule has 7 heterocycles. The second kappa shape index (κ2) is 14.2. The first-order valence-electron chi connectivity index (χ1n) is 20.9. The van der Waals surface area contributed by atoms with Gasteiger partial charge in [0.1, 0.15) is 43.2 Å². The number of H-pyrrole nitrogens is 2. The first-order chi connectivity index (χ1) is 33.6. The van der Waals surface area contributed by atoms with Crippen LogP contribution in [0.5, 0.6) is 0 Å². The maximum Gasteiger partial charge on any atom is 0.266 e. The first-order valence-corrected chi connectivity index (χ1v) is 23.7. The van der Waals surface area contributed by atoms with Gasteiger partial charge in [-0.25, -0.2) is 56.5 Å². The fourth-order valence-corrected chi connectivity index (χ4v) is 10.2. The number of carbonyl (C=O) groups excluding carboxylic acids is 4. The summed E-state index contributed by atoms with van der Waals surface area (Å²) < 4.78 is 74.0. The summed E-state index contributed by atoms with van der Waals surface area (Å²) in [6.07, 6.45) is 0. The third-order valence-corrected chi connectivity index (χ3v) is 14.1. The van der Waals surface area contributed by atoms with Gasteiger partial charge in [0.15, 0.2) is 23.3 Å². The van der Waals surface area contributed by atoms with Crippen molar-refractivity contribution in [3.63, 3.8) is 0 Å². The second-order valence-electron chi connectivity index (χ2n) is 16.4. The van der Waals surface area contributed by atoms with Gasteiger partial charge in [-0.1, -0.05) is 24.3 Å². The Balaban J connectivity index is 1.11. The van der Waals surface area contributed by atoms with Crippen molar-refractivity contribution in [1.82, 2.24) is 39.9 Å². The molecule has 2 N–H and O–H groups in total. The molecule has 0 fully saturated rings. The molecular weight excluding hydrogens is 941 g/mol. The van der Waals surface area contributed by atoms with Crippen LogP contribution in [0.25, 0.3) is 90.4 Å². The highest BCUT2D eigenvalue weighted by atomic mass is 32.2. The molecule has 0 saturated carbocycles. The number of aromatic amines is 2. The standard InChI is InChI=1S/C48H24N10O10S2/c59-45-29-5-1-2-6-30(29)46(60)57(45)21-9-13-25-33(17-21)42-50-37(25)49-41-34-18-22(58-47(61)31-7-3-4-8-32(31)48(58)62)10-14-26(34)38(51-41)53-43-36-20-24(70(66,67)68)12-16-28(36)40(55-43)56-44-35-19-23(69(63,64)65)11-15-27(35)39(52-42)54-44/h1-20H,(H,63,64,65)(H,66,67,68)(H2,49,50,51,52,53,54,55,56)/p-2. The number of carbonyl (C=O) groups is 4. The van der Waals surface area contributed by atoms with Gasteiger partial charge in [-0.3, -0.25) is 19.2 Å². The van der Waals surface area contributed by atoms with Gasteiger partial charge in [0, 0.05) is 44.2 Å². The first kappa shape index (κ1) is 41.0. The molecular formula is C48H22N10O10S2-2. The quantitative estimate of drug-likeness (QED) is 0.147. The lowest BCUT2D eigenvalue weighted by atomic mass is 10.1. The van der Waals surface area contributed by atoms with Gasteiger partial charge in [-0.2, -0.15) is 0 Å². The van der Waals surface area contributed by atoms with Crippen molar-refractivity contribution in [1.29, 1.82) is 0 Å². The average Bonchev–Trinajstić information content (AvgIpc) is 4.16. The second-order valence-corrected chi connectivity index (χ2v) is 19.1. The third kappa shape index (κ3) is 6.00. The van der Waals surface area contributed by atoms with Crippen LogP contribution in [-0.2, 0) is 20.2 Å². The van der Waals surface area contributed by atoms with Crippen LogP contribution in [0.3, 0.4) is 0 Å². The number of fused-ring (bicyclic) bond motifs is 22. The topological polar surface area (TPSA) is 298 Å². The minimum absolute atomic E-state index is 0.0104. The summed E-state index contributed by atoms with van der Waals surface area (Å²) in [6.45, 7) is 0. The fourth-order valence-electron chi connectivity index (χ4n) is 9.17. The van der Waals surface area contributed by atoms with Crippen LogP contribution in [0.15, 0.2) is 131 Å². The summed E-state index contributed by atoms with van der Waals surface area (Å²) in [5, 5.41) is 0.720. The molecule has 0 aliphatic carbocycles. The highest BCUT2D eigenvalue weighted by Crippen LogP contribution is 2.43. The summed E-state index contributed by atoms with van der Waals surface area (Å²) in [5.41, 5.74) is 2.82. The van der Waals surface area contributed by atoms with E-state index in [-0.39, 0.29) is 102 Å².